The van der Waals surface area contributed by atoms with E-state index in [1.165, 1.54) is 6.08 Å². The van der Waals surface area contributed by atoms with E-state index in [0.717, 1.165) is 34.3 Å². The molecular weight excluding hydrogens is 324 g/mol. The Balaban J connectivity index is 1.95. The summed E-state index contributed by atoms with van der Waals surface area (Å²) in [4.78, 5) is 16.3. The number of anilines is 1. The number of aryl methyl sites for hydroxylation is 1. The van der Waals surface area contributed by atoms with Crippen molar-refractivity contribution in [1.29, 1.82) is 0 Å². The van der Waals surface area contributed by atoms with Gasteiger partial charge in [-0.2, -0.15) is 5.10 Å². The van der Waals surface area contributed by atoms with Gasteiger partial charge in [-0.15, -0.1) is 0 Å². The first-order chi connectivity index (χ1) is 11.6. The van der Waals surface area contributed by atoms with Crippen LogP contribution in [0.25, 0.3) is 22.2 Å². The van der Waals surface area contributed by atoms with E-state index in [1.54, 1.807) is 18.3 Å². The topological polar surface area (TPSA) is 70.7 Å². The first-order valence-electron chi connectivity index (χ1n) is 7.66. The van der Waals surface area contributed by atoms with E-state index in [-0.39, 0.29) is 5.91 Å². The summed E-state index contributed by atoms with van der Waals surface area (Å²) in [7, 11) is 0. The fourth-order valence-electron chi connectivity index (χ4n) is 2.38. The van der Waals surface area contributed by atoms with Gasteiger partial charge in [-0.1, -0.05) is 30.7 Å². The fourth-order valence-corrected chi connectivity index (χ4v) is 2.55. The van der Waals surface area contributed by atoms with Gasteiger partial charge in [0.05, 0.1) is 16.4 Å². The Labute approximate surface area is 144 Å². The molecule has 3 rings (SSSR count). The molecule has 5 nitrogen and oxygen atoms in total. The molecule has 2 N–H and O–H groups in total. The molecule has 2 aromatic heterocycles. The van der Waals surface area contributed by atoms with Crippen LogP contribution >= 0.6 is 11.6 Å². The summed E-state index contributed by atoms with van der Waals surface area (Å²) in [6, 6.07) is 7.53. The zero-order valence-corrected chi connectivity index (χ0v) is 14.2. The van der Waals surface area contributed by atoms with Crippen molar-refractivity contribution in [3.63, 3.8) is 0 Å². The molecule has 0 aliphatic carbocycles. The van der Waals surface area contributed by atoms with Crippen LogP contribution < -0.4 is 5.32 Å². The number of carbonyl (C=O) groups excluding carboxylic acids is 1. The van der Waals surface area contributed by atoms with Crippen LogP contribution in [-0.4, -0.2) is 21.1 Å². The molecule has 122 valence electrons. The zero-order valence-electron chi connectivity index (χ0n) is 13.4. The van der Waals surface area contributed by atoms with Crippen molar-refractivity contribution in [2.45, 2.75) is 20.3 Å². The molecule has 0 fully saturated rings. The van der Waals surface area contributed by atoms with Crippen molar-refractivity contribution in [3.05, 3.63) is 53.3 Å². The van der Waals surface area contributed by atoms with E-state index < -0.39 is 0 Å². The number of rotatable bonds is 4. The maximum Gasteiger partial charge on any atom is 0.248 e. The first-order valence-corrected chi connectivity index (χ1v) is 8.04. The number of carbonyl (C=O) groups is 1. The number of hydrogen-bond acceptors (Lipinski definition) is 3. The van der Waals surface area contributed by atoms with Gasteiger partial charge in [0.25, 0.3) is 0 Å². The van der Waals surface area contributed by atoms with Crippen molar-refractivity contribution >= 4 is 34.2 Å². The number of nitrogens with one attached hydrogen (secondary N) is 2. The number of allylic oxidation sites excluding steroid dienone is 1. The highest BCUT2D eigenvalue weighted by Crippen LogP contribution is 2.30. The monoisotopic (exact) mass is 340 g/mol. The number of aromatic amines is 1. The second-order valence-electron chi connectivity index (χ2n) is 5.42. The SMILES string of the molecule is CC/C=C/C(=O)Nc1cc(-c2cnc3[nH]nc(C)c3c2)ccc1Cl. The number of nitrogens with zero attached hydrogens (tertiary/aromatic N) is 2. The van der Waals surface area contributed by atoms with E-state index in [1.807, 2.05) is 32.0 Å². The zero-order chi connectivity index (χ0) is 17.1. The summed E-state index contributed by atoms with van der Waals surface area (Å²) in [6.07, 6.45) is 5.88. The van der Waals surface area contributed by atoms with Gasteiger partial charge in [0.2, 0.25) is 5.91 Å². The predicted octanol–water partition coefficient (Wildman–Crippen LogP) is 4.49. The van der Waals surface area contributed by atoms with E-state index in [2.05, 4.69) is 20.5 Å². The number of halogens is 1. The molecule has 0 saturated carbocycles. The average Bonchev–Trinajstić information content (AvgIpc) is 2.95. The number of hydrogen-bond donors (Lipinski definition) is 2. The minimum atomic E-state index is -0.199. The molecule has 3 aromatic rings. The lowest BCUT2D eigenvalue weighted by atomic mass is 10.1. The Kier molecular flexibility index (Phi) is 4.62. The van der Waals surface area contributed by atoms with Gasteiger partial charge in [-0.3, -0.25) is 9.89 Å². The van der Waals surface area contributed by atoms with Crippen LogP contribution in [0.5, 0.6) is 0 Å². The average molecular weight is 341 g/mol. The molecule has 2 heterocycles. The van der Waals surface area contributed by atoms with Gasteiger partial charge in [0.15, 0.2) is 5.65 Å². The maximum atomic E-state index is 11.9. The molecule has 6 heteroatoms. The van der Waals surface area contributed by atoms with Crippen LogP contribution in [0.15, 0.2) is 42.6 Å². The summed E-state index contributed by atoms with van der Waals surface area (Å²) >= 11 is 6.20. The number of aromatic nitrogens is 3. The van der Waals surface area contributed by atoms with Crippen LogP contribution in [0.4, 0.5) is 5.69 Å². The highest BCUT2D eigenvalue weighted by atomic mass is 35.5. The number of benzene rings is 1. The highest BCUT2D eigenvalue weighted by molar-refractivity contribution is 6.34. The number of H-pyrrole nitrogens is 1. The molecule has 1 amide bonds. The molecule has 24 heavy (non-hydrogen) atoms. The number of fused-ring (bicyclic) bond motifs is 1. The third-order valence-electron chi connectivity index (χ3n) is 3.67. The summed E-state index contributed by atoms with van der Waals surface area (Å²) in [6.45, 7) is 3.90. The molecule has 0 aliphatic heterocycles. The van der Waals surface area contributed by atoms with Crippen LogP contribution in [0.2, 0.25) is 5.02 Å². The van der Waals surface area contributed by atoms with Crippen LogP contribution in [-0.2, 0) is 4.79 Å². The van der Waals surface area contributed by atoms with Crippen LogP contribution in [0, 0.1) is 6.92 Å². The van der Waals surface area contributed by atoms with Gasteiger partial charge in [-0.25, -0.2) is 4.98 Å². The molecule has 1 aromatic carbocycles. The summed E-state index contributed by atoms with van der Waals surface area (Å²) in [5.41, 5.74) is 4.08. The molecule has 0 bridgehead atoms. The molecule has 0 radical (unpaired) electrons. The second-order valence-corrected chi connectivity index (χ2v) is 5.83. The lowest BCUT2D eigenvalue weighted by Gasteiger charge is -2.08. The number of pyridine rings is 1. The standard InChI is InChI=1S/C18H17ClN4O/c1-3-4-5-17(24)21-16-9-12(6-7-15(16)19)13-8-14-11(2)22-23-18(14)20-10-13/h4-10H,3H2,1-2H3,(H,21,24)(H,20,22,23)/b5-4+. The molecule has 0 atom stereocenters. The highest BCUT2D eigenvalue weighted by Gasteiger charge is 2.09. The van der Waals surface area contributed by atoms with E-state index in [9.17, 15) is 4.79 Å². The molecular formula is C18H17ClN4O. The molecule has 0 saturated heterocycles. The Bertz CT molecular complexity index is 930. The lowest BCUT2D eigenvalue weighted by Crippen LogP contribution is -2.08. The Hall–Kier alpha value is -2.66. The van der Waals surface area contributed by atoms with Crippen molar-refractivity contribution < 1.29 is 4.79 Å². The molecule has 0 unspecified atom stereocenters. The molecule has 0 aliphatic rings. The third-order valence-corrected chi connectivity index (χ3v) is 4.00. The van der Waals surface area contributed by atoms with Crippen LogP contribution in [0.3, 0.4) is 0 Å². The van der Waals surface area contributed by atoms with Crippen molar-refractivity contribution in [3.8, 4) is 11.1 Å². The van der Waals surface area contributed by atoms with Gasteiger partial charge in [0.1, 0.15) is 0 Å². The second kappa shape index (κ2) is 6.84. The van der Waals surface area contributed by atoms with Gasteiger partial charge in [-0.05, 0) is 43.2 Å². The quantitative estimate of drug-likeness (QED) is 0.687. The van der Waals surface area contributed by atoms with Gasteiger partial charge >= 0.3 is 0 Å². The van der Waals surface area contributed by atoms with E-state index in [4.69, 9.17) is 11.6 Å². The van der Waals surface area contributed by atoms with Gasteiger partial charge in [0, 0.05) is 17.1 Å². The summed E-state index contributed by atoms with van der Waals surface area (Å²) in [5, 5.41) is 11.3. The van der Waals surface area contributed by atoms with E-state index >= 15 is 0 Å². The molecule has 0 spiro atoms. The van der Waals surface area contributed by atoms with Crippen molar-refractivity contribution in [2.24, 2.45) is 0 Å². The third kappa shape index (κ3) is 3.31. The maximum absolute atomic E-state index is 11.9. The smallest absolute Gasteiger partial charge is 0.248 e. The summed E-state index contributed by atoms with van der Waals surface area (Å²) < 4.78 is 0. The minimum Gasteiger partial charge on any atom is -0.321 e. The minimum absolute atomic E-state index is 0.199. The number of amides is 1. The predicted molar refractivity (Wildman–Crippen MR) is 97.1 cm³/mol. The van der Waals surface area contributed by atoms with Crippen LogP contribution in [0.1, 0.15) is 19.0 Å². The Morgan fingerprint density at radius 3 is 2.96 bits per heavy atom. The van der Waals surface area contributed by atoms with Crippen molar-refractivity contribution in [2.75, 3.05) is 5.32 Å². The first kappa shape index (κ1) is 16.2. The fraction of sp³-hybridized carbons (Fsp3) is 0.167. The van der Waals surface area contributed by atoms with Gasteiger partial charge < -0.3 is 5.32 Å². The summed E-state index contributed by atoms with van der Waals surface area (Å²) in [5.74, 6) is -0.199. The van der Waals surface area contributed by atoms with E-state index in [0.29, 0.717) is 10.7 Å². The van der Waals surface area contributed by atoms with Crippen molar-refractivity contribution in [1.82, 2.24) is 15.2 Å². The Morgan fingerprint density at radius 2 is 2.17 bits per heavy atom. The normalized spacial score (nSPS) is 11.3. The lowest BCUT2D eigenvalue weighted by molar-refractivity contribution is -0.111. The Morgan fingerprint density at radius 1 is 1.33 bits per heavy atom. The largest absolute Gasteiger partial charge is 0.321 e.